The van der Waals surface area contributed by atoms with E-state index >= 15 is 0 Å². The number of halogens is 1. The molecule has 3 nitrogen and oxygen atoms in total. The lowest BCUT2D eigenvalue weighted by Crippen LogP contribution is -2.19. The number of amides is 1. The van der Waals surface area contributed by atoms with Gasteiger partial charge in [-0.3, -0.25) is 4.79 Å². The second-order valence-corrected chi connectivity index (χ2v) is 5.76. The molecule has 0 radical (unpaired) electrons. The van der Waals surface area contributed by atoms with Crippen molar-refractivity contribution in [3.8, 4) is 0 Å². The fourth-order valence-corrected chi connectivity index (χ4v) is 2.76. The highest BCUT2D eigenvalue weighted by atomic mass is 79.9. The summed E-state index contributed by atoms with van der Waals surface area (Å²) in [6, 6.07) is 13.7. The standard InChI is InChI=1S/C16H15BrN2O/c1-2-10-3-6-12(7-4-10)18-15-13-9-11(17)5-8-14(13)19-16(15)20/h3-9,15,18H,2H2,1H3,(H,19,20). The first-order valence-electron chi connectivity index (χ1n) is 6.63. The molecule has 0 bridgehead atoms. The van der Waals surface area contributed by atoms with Gasteiger partial charge in [0.25, 0.3) is 5.91 Å². The van der Waals surface area contributed by atoms with Crippen molar-refractivity contribution < 1.29 is 4.79 Å². The number of anilines is 2. The van der Waals surface area contributed by atoms with Crippen LogP contribution in [-0.4, -0.2) is 5.91 Å². The van der Waals surface area contributed by atoms with Crippen molar-refractivity contribution in [2.45, 2.75) is 19.4 Å². The molecule has 0 fully saturated rings. The van der Waals surface area contributed by atoms with Crippen molar-refractivity contribution in [2.75, 3.05) is 10.6 Å². The van der Waals surface area contributed by atoms with Crippen LogP contribution in [-0.2, 0) is 11.2 Å². The summed E-state index contributed by atoms with van der Waals surface area (Å²) >= 11 is 3.45. The van der Waals surface area contributed by atoms with E-state index in [0.717, 1.165) is 27.8 Å². The molecule has 0 aromatic heterocycles. The normalized spacial score (nSPS) is 16.7. The van der Waals surface area contributed by atoms with Crippen LogP contribution in [0, 0.1) is 0 Å². The Hall–Kier alpha value is -1.81. The molecule has 1 aliphatic rings. The molecule has 1 heterocycles. The third-order valence-electron chi connectivity index (χ3n) is 3.52. The molecule has 2 aromatic rings. The Labute approximate surface area is 126 Å². The maximum absolute atomic E-state index is 12.1. The lowest BCUT2D eigenvalue weighted by atomic mass is 10.1. The topological polar surface area (TPSA) is 41.1 Å². The second kappa shape index (κ2) is 5.29. The lowest BCUT2D eigenvalue weighted by Gasteiger charge is -2.13. The SMILES string of the molecule is CCc1ccc(NC2C(=O)Nc3ccc(Br)cc32)cc1. The van der Waals surface area contributed by atoms with Gasteiger partial charge in [-0.2, -0.15) is 0 Å². The highest BCUT2D eigenvalue weighted by Crippen LogP contribution is 2.35. The Morgan fingerprint density at radius 3 is 2.65 bits per heavy atom. The van der Waals surface area contributed by atoms with E-state index in [0.29, 0.717) is 0 Å². The zero-order chi connectivity index (χ0) is 14.1. The van der Waals surface area contributed by atoms with Gasteiger partial charge in [0, 0.05) is 21.4 Å². The average Bonchev–Trinajstić information content (AvgIpc) is 2.76. The lowest BCUT2D eigenvalue weighted by molar-refractivity contribution is -0.116. The molecular weight excluding hydrogens is 316 g/mol. The Kier molecular flexibility index (Phi) is 3.49. The van der Waals surface area contributed by atoms with Gasteiger partial charge in [-0.1, -0.05) is 35.0 Å². The summed E-state index contributed by atoms with van der Waals surface area (Å²) in [6.45, 7) is 2.13. The van der Waals surface area contributed by atoms with Crippen LogP contribution < -0.4 is 10.6 Å². The quantitative estimate of drug-likeness (QED) is 0.888. The zero-order valence-electron chi connectivity index (χ0n) is 11.1. The Morgan fingerprint density at radius 2 is 1.95 bits per heavy atom. The van der Waals surface area contributed by atoms with Crippen molar-refractivity contribution in [3.05, 3.63) is 58.1 Å². The van der Waals surface area contributed by atoms with Crippen LogP contribution in [0.4, 0.5) is 11.4 Å². The predicted octanol–water partition coefficient (Wildman–Crippen LogP) is 4.12. The first kappa shape index (κ1) is 13.2. The van der Waals surface area contributed by atoms with E-state index in [1.807, 2.05) is 30.3 Å². The van der Waals surface area contributed by atoms with E-state index in [2.05, 4.69) is 45.6 Å². The number of aryl methyl sites for hydroxylation is 1. The van der Waals surface area contributed by atoms with Crippen molar-refractivity contribution in [1.29, 1.82) is 0 Å². The minimum absolute atomic E-state index is 0.0160. The number of fused-ring (bicyclic) bond motifs is 1. The number of carbonyl (C=O) groups is 1. The Morgan fingerprint density at radius 1 is 1.20 bits per heavy atom. The van der Waals surface area contributed by atoms with Crippen LogP contribution in [0.2, 0.25) is 0 Å². The molecule has 1 unspecified atom stereocenters. The van der Waals surface area contributed by atoms with Crippen LogP contribution in [0.1, 0.15) is 24.1 Å². The van der Waals surface area contributed by atoms with Crippen LogP contribution in [0.25, 0.3) is 0 Å². The minimum atomic E-state index is -0.338. The fraction of sp³-hybridized carbons (Fsp3) is 0.188. The molecular formula is C16H15BrN2O. The Bertz CT molecular complexity index is 652. The van der Waals surface area contributed by atoms with Gasteiger partial charge in [-0.25, -0.2) is 0 Å². The summed E-state index contributed by atoms with van der Waals surface area (Å²) in [5.74, 6) is -0.0160. The highest BCUT2D eigenvalue weighted by Gasteiger charge is 2.30. The number of hydrogen-bond donors (Lipinski definition) is 2. The molecule has 2 aromatic carbocycles. The van der Waals surface area contributed by atoms with Gasteiger partial charge in [0.15, 0.2) is 0 Å². The van der Waals surface area contributed by atoms with Gasteiger partial charge in [0.1, 0.15) is 6.04 Å². The summed E-state index contributed by atoms with van der Waals surface area (Å²) in [7, 11) is 0. The third-order valence-corrected chi connectivity index (χ3v) is 4.01. The Balaban J connectivity index is 1.87. The van der Waals surface area contributed by atoms with E-state index in [4.69, 9.17) is 0 Å². The number of hydrogen-bond acceptors (Lipinski definition) is 2. The van der Waals surface area contributed by atoms with Crippen LogP contribution >= 0.6 is 15.9 Å². The van der Waals surface area contributed by atoms with Crippen LogP contribution in [0.5, 0.6) is 0 Å². The molecule has 0 saturated carbocycles. The fourth-order valence-electron chi connectivity index (χ4n) is 2.38. The molecule has 0 spiro atoms. The van der Waals surface area contributed by atoms with Gasteiger partial charge in [0.05, 0.1) is 0 Å². The van der Waals surface area contributed by atoms with Gasteiger partial charge >= 0.3 is 0 Å². The molecule has 0 aliphatic carbocycles. The maximum Gasteiger partial charge on any atom is 0.251 e. The zero-order valence-corrected chi connectivity index (χ0v) is 12.7. The molecule has 4 heteroatoms. The van der Waals surface area contributed by atoms with Gasteiger partial charge in [-0.15, -0.1) is 0 Å². The van der Waals surface area contributed by atoms with Crippen molar-refractivity contribution >= 4 is 33.2 Å². The maximum atomic E-state index is 12.1. The molecule has 1 amide bonds. The molecule has 1 aliphatic heterocycles. The van der Waals surface area contributed by atoms with Crippen molar-refractivity contribution in [2.24, 2.45) is 0 Å². The number of nitrogens with one attached hydrogen (secondary N) is 2. The molecule has 102 valence electrons. The summed E-state index contributed by atoms with van der Waals surface area (Å²) in [6.07, 6.45) is 1.01. The van der Waals surface area contributed by atoms with Gasteiger partial charge in [0.2, 0.25) is 0 Å². The first-order valence-corrected chi connectivity index (χ1v) is 7.42. The highest BCUT2D eigenvalue weighted by molar-refractivity contribution is 9.10. The summed E-state index contributed by atoms with van der Waals surface area (Å²) in [5, 5.41) is 6.19. The third kappa shape index (κ3) is 2.43. The molecule has 20 heavy (non-hydrogen) atoms. The molecule has 2 N–H and O–H groups in total. The summed E-state index contributed by atoms with van der Waals surface area (Å²) in [4.78, 5) is 12.1. The largest absolute Gasteiger partial charge is 0.370 e. The van der Waals surface area contributed by atoms with Crippen LogP contribution in [0.15, 0.2) is 46.9 Å². The van der Waals surface area contributed by atoms with E-state index in [1.165, 1.54) is 5.56 Å². The molecule has 0 saturated heterocycles. The van der Waals surface area contributed by atoms with E-state index < -0.39 is 0 Å². The minimum Gasteiger partial charge on any atom is -0.370 e. The van der Waals surface area contributed by atoms with Crippen LogP contribution in [0.3, 0.4) is 0 Å². The summed E-state index contributed by atoms with van der Waals surface area (Å²) in [5.41, 5.74) is 4.09. The number of benzene rings is 2. The van der Waals surface area contributed by atoms with Crippen molar-refractivity contribution in [1.82, 2.24) is 0 Å². The molecule has 3 rings (SSSR count). The van der Waals surface area contributed by atoms with Gasteiger partial charge < -0.3 is 10.6 Å². The first-order chi connectivity index (χ1) is 9.67. The van der Waals surface area contributed by atoms with E-state index in [-0.39, 0.29) is 11.9 Å². The van der Waals surface area contributed by atoms with Gasteiger partial charge in [-0.05, 0) is 42.3 Å². The van der Waals surface area contributed by atoms with E-state index in [9.17, 15) is 4.79 Å². The number of carbonyl (C=O) groups excluding carboxylic acids is 1. The van der Waals surface area contributed by atoms with E-state index in [1.54, 1.807) is 0 Å². The number of rotatable bonds is 3. The average molecular weight is 331 g/mol. The summed E-state index contributed by atoms with van der Waals surface area (Å²) < 4.78 is 0.973. The second-order valence-electron chi connectivity index (χ2n) is 4.85. The van der Waals surface area contributed by atoms with Crippen molar-refractivity contribution in [3.63, 3.8) is 0 Å². The molecule has 1 atom stereocenters. The predicted molar refractivity (Wildman–Crippen MR) is 85.0 cm³/mol. The monoisotopic (exact) mass is 330 g/mol. The smallest absolute Gasteiger partial charge is 0.251 e.